The van der Waals surface area contributed by atoms with Gasteiger partial charge < -0.3 is 10.2 Å². The van der Waals surface area contributed by atoms with E-state index in [1.807, 2.05) is 38.1 Å². The Hall–Kier alpha value is -3.36. The van der Waals surface area contributed by atoms with Gasteiger partial charge in [-0.1, -0.05) is 37.6 Å². The van der Waals surface area contributed by atoms with Gasteiger partial charge in [0.25, 0.3) is 5.56 Å². The maximum atomic E-state index is 13.6. The SMILES string of the molecule is CCC(CCC(C)CCN(C)C)Nc1ncc2cc(-c3ccc(-c4cncc(C)n4)cc3Cl)c(=O)n(CC)c2n1. The van der Waals surface area contributed by atoms with Crippen LogP contribution in [-0.4, -0.2) is 56.1 Å². The van der Waals surface area contributed by atoms with Crippen molar-refractivity contribution in [1.82, 2.24) is 29.4 Å². The summed E-state index contributed by atoms with van der Waals surface area (Å²) in [5, 5.41) is 4.78. The summed E-state index contributed by atoms with van der Waals surface area (Å²) in [6.07, 6.45) is 9.56. The number of halogens is 1. The molecule has 9 heteroatoms. The third kappa shape index (κ3) is 7.04. The van der Waals surface area contributed by atoms with Crippen molar-refractivity contribution in [2.75, 3.05) is 26.0 Å². The summed E-state index contributed by atoms with van der Waals surface area (Å²) in [7, 11) is 4.23. The third-order valence-corrected chi connectivity index (χ3v) is 7.67. The number of hydrogen-bond acceptors (Lipinski definition) is 7. The van der Waals surface area contributed by atoms with Gasteiger partial charge in [0.05, 0.1) is 17.6 Å². The molecule has 4 rings (SSSR count). The van der Waals surface area contributed by atoms with E-state index in [0.717, 1.165) is 48.1 Å². The lowest BCUT2D eigenvalue weighted by atomic mass is 9.97. The van der Waals surface area contributed by atoms with Crippen molar-refractivity contribution in [2.24, 2.45) is 5.92 Å². The second-order valence-corrected chi connectivity index (χ2v) is 11.3. The monoisotopic (exact) mass is 561 g/mol. The minimum atomic E-state index is -0.133. The first-order valence-electron chi connectivity index (χ1n) is 14.1. The van der Waals surface area contributed by atoms with Crippen molar-refractivity contribution in [1.29, 1.82) is 0 Å². The molecule has 0 aliphatic heterocycles. The minimum Gasteiger partial charge on any atom is -0.351 e. The van der Waals surface area contributed by atoms with E-state index in [1.165, 1.54) is 6.42 Å². The van der Waals surface area contributed by atoms with Crippen molar-refractivity contribution >= 4 is 28.6 Å². The Labute approximate surface area is 241 Å². The molecule has 3 aromatic heterocycles. The smallest absolute Gasteiger partial charge is 0.260 e. The maximum absolute atomic E-state index is 13.6. The highest BCUT2D eigenvalue weighted by Crippen LogP contribution is 2.31. The van der Waals surface area contributed by atoms with Gasteiger partial charge in [-0.3, -0.25) is 14.3 Å². The van der Waals surface area contributed by atoms with Gasteiger partial charge in [-0.2, -0.15) is 4.98 Å². The number of aryl methyl sites for hydroxylation is 2. The normalized spacial score (nSPS) is 13.1. The summed E-state index contributed by atoms with van der Waals surface area (Å²) in [6.45, 7) is 9.93. The van der Waals surface area contributed by atoms with Gasteiger partial charge in [-0.05, 0) is 78.2 Å². The van der Waals surface area contributed by atoms with Crippen molar-refractivity contribution in [3.8, 4) is 22.4 Å². The second kappa shape index (κ2) is 13.3. The fourth-order valence-electron chi connectivity index (χ4n) is 4.88. The largest absolute Gasteiger partial charge is 0.351 e. The summed E-state index contributed by atoms with van der Waals surface area (Å²) in [6, 6.07) is 7.73. The van der Waals surface area contributed by atoms with Gasteiger partial charge in [0, 0.05) is 52.1 Å². The number of rotatable bonds is 12. The molecule has 0 aliphatic rings. The first-order chi connectivity index (χ1) is 19.2. The molecule has 0 saturated carbocycles. The number of hydrogen-bond donors (Lipinski definition) is 1. The van der Waals surface area contributed by atoms with Gasteiger partial charge in [0.1, 0.15) is 5.65 Å². The molecule has 8 nitrogen and oxygen atoms in total. The van der Waals surface area contributed by atoms with E-state index in [1.54, 1.807) is 23.2 Å². The molecule has 0 saturated heterocycles. The molecular weight excluding hydrogens is 522 g/mol. The fourth-order valence-corrected chi connectivity index (χ4v) is 5.16. The Kier molecular flexibility index (Phi) is 9.87. The number of fused-ring (bicyclic) bond motifs is 1. The summed E-state index contributed by atoms with van der Waals surface area (Å²) in [5.41, 5.74) is 4.07. The average Bonchev–Trinajstić information content (AvgIpc) is 2.94. The Morgan fingerprint density at radius 1 is 1.02 bits per heavy atom. The molecule has 0 spiro atoms. The van der Waals surface area contributed by atoms with Crippen LogP contribution in [-0.2, 0) is 6.54 Å². The molecule has 2 atom stereocenters. The number of nitrogens with one attached hydrogen (secondary N) is 1. The molecule has 2 unspecified atom stereocenters. The van der Waals surface area contributed by atoms with Gasteiger partial charge >= 0.3 is 0 Å². The van der Waals surface area contributed by atoms with Crippen molar-refractivity contribution in [2.45, 2.75) is 66.0 Å². The fraction of sp³-hybridized carbons (Fsp3) is 0.452. The van der Waals surface area contributed by atoms with E-state index in [4.69, 9.17) is 16.6 Å². The Bertz CT molecular complexity index is 1520. The highest BCUT2D eigenvalue weighted by atomic mass is 35.5. The van der Waals surface area contributed by atoms with Crippen LogP contribution in [0.15, 0.2) is 47.7 Å². The van der Waals surface area contributed by atoms with Crippen LogP contribution < -0.4 is 10.9 Å². The van der Waals surface area contributed by atoms with Crippen LogP contribution in [0, 0.1) is 12.8 Å². The topological polar surface area (TPSA) is 88.8 Å². The predicted octanol–water partition coefficient (Wildman–Crippen LogP) is 6.46. The zero-order valence-electron chi connectivity index (χ0n) is 24.4. The predicted molar refractivity (Wildman–Crippen MR) is 165 cm³/mol. The molecule has 0 radical (unpaired) electrons. The first kappa shape index (κ1) is 29.6. The quantitative estimate of drug-likeness (QED) is 0.212. The molecule has 3 heterocycles. The second-order valence-electron chi connectivity index (χ2n) is 10.8. The lowest BCUT2D eigenvalue weighted by molar-refractivity contribution is 0.344. The van der Waals surface area contributed by atoms with Gasteiger partial charge in [0.2, 0.25) is 5.95 Å². The molecule has 4 aromatic rings. The Morgan fingerprint density at radius 3 is 2.50 bits per heavy atom. The van der Waals surface area contributed by atoms with E-state index in [-0.39, 0.29) is 11.6 Å². The number of benzene rings is 1. The molecular formula is C31H40ClN7O. The van der Waals surface area contributed by atoms with Gasteiger partial charge in [-0.25, -0.2) is 9.97 Å². The number of pyridine rings is 1. The average molecular weight is 562 g/mol. The van der Waals surface area contributed by atoms with E-state index in [0.29, 0.717) is 40.2 Å². The molecule has 212 valence electrons. The van der Waals surface area contributed by atoms with Crippen LogP contribution in [0.1, 0.15) is 52.1 Å². The molecule has 1 N–H and O–H groups in total. The molecule has 0 bridgehead atoms. The highest BCUT2D eigenvalue weighted by Gasteiger charge is 2.17. The van der Waals surface area contributed by atoms with E-state index >= 15 is 0 Å². The van der Waals surface area contributed by atoms with Gasteiger partial charge in [-0.15, -0.1) is 0 Å². The van der Waals surface area contributed by atoms with Crippen molar-refractivity contribution < 1.29 is 0 Å². The van der Waals surface area contributed by atoms with Crippen LogP contribution in [0.5, 0.6) is 0 Å². The summed E-state index contributed by atoms with van der Waals surface area (Å²) >= 11 is 6.72. The third-order valence-electron chi connectivity index (χ3n) is 7.36. The molecule has 1 aromatic carbocycles. The molecule has 40 heavy (non-hydrogen) atoms. The van der Waals surface area contributed by atoms with Crippen LogP contribution in [0.3, 0.4) is 0 Å². The van der Waals surface area contributed by atoms with Crippen LogP contribution in [0.2, 0.25) is 5.02 Å². The number of anilines is 1. The summed E-state index contributed by atoms with van der Waals surface area (Å²) in [4.78, 5) is 34.0. The van der Waals surface area contributed by atoms with Crippen molar-refractivity contribution in [3.05, 3.63) is 63.9 Å². The van der Waals surface area contributed by atoms with Crippen LogP contribution >= 0.6 is 11.6 Å². The maximum Gasteiger partial charge on any atom is 0.260 e. The van der Waals surface area contributed by atoms with E-state index in [2.05, 4.69) is 53.1 Å². The standard InChI is InChI=1S/C31H40ClN7O/c1-7-24(11-9-20(3)13-14-38(5)6)36-31-34-18-23-15-26(30(40)39(8-2)29(23)37-31)25-12-10-22(16-27(25)32)28-19-33-17-21(4)35-28/h10,12,15-20,24H,7-9,11,13-14H2,1-6H3,(H,34,36,37). The molecule has 0 fully saturated rings. The van der Waals surface area contributed by atoms with E-state index < -0.39 is 0 Å². The first-order valence-corrected chi connectivity index (χ1v) is 14.5. The van der Waals surface area contributed by atoms with Gasteiger partial charge in [0.15, 0.2) is 0 Å². The number of nitrogens with zero attached hydrogens (tertiary/aromatic N) is 6. The molecule has 0 amide bonds. The van der Waals surface area contributed by atoms with Crippen molar-refractivity contribution in [3.63, 3.8) is 0 Å². The zero-order chi connectivity index (χ0) is 28.8. The summed E-state index contributed by atoms with van der Waals surface area (Å²) in [5.74, 6) is 1.21. The Morgan fingerprint density at radius 2 is 1.82 bits per heavy atom. The van der Waals surface area contributed by atoms with E-state index in [9.17, 15) is 4.79 Å². The van der Waals surface area contributed by atoms with Crippen LogP contribution in [0.4, 0.5) is 5.95 Å². The summed E-state index contributed by atoms with van der Waals surface area (Å²) < 4.78 is 1.69. The minimum absolute atomic E-state index is 0.133. The number of aromatic nitrogens is 5. The lowest BCUT2D eigenvalue weighted by Gasteiger charge is -2.21. The van der Waals surface area contributed by atoms with Crippen LogP contribution in [0.25, 0.3) is 33.4 Å². The highest BCUT2D eigenvalue weighted by molar-refractivity contribution is 6.33. The lowest BCUT2D eigenvalue weighted by Crippen LogP contribution is -2.24. The zero-order valence-corrected chi connectivity index (χ0v) is 25.2. The molecule has 0 aliphatic carbocycles. The Balaban J connectivity index is 1.59.